The summed E-state index contributed by atoms with van der Waals surface area (Å²) in [4.78, 5) is 4.68. The molecule has 1 atom stereocenters. The lowest BCUT2D eigenvalue weighted by Gasteiger charge is -2.16. The Labute approximate surface area is 129 Å². The summed E-state index contributed by atoms with van der Waals surface area (Å²) in [7, 11) is 0. The molecule has 1 aromatic heterocycles. The first-order valence-corrected chi connectivity index (χ1v) is 8.19. The highest BCUT2D eigenvalue weighted by molar-refractivity contribution is 7.18. The number of hydrogen-bond donors (Lipinski definition) is 1. The Bertz CT molecular complexity index is 700. The highest BCUT2D eigenvalue weighted by Crippen LogP contribution is 2.22. The molecule has 0 saturated heterocycles. The third kappa shape index (κ3) is 3.31. The fraction of sp³-hybridized carbons (Fsp3) is 0.278. The van der Waals surface area contributed by atoms with Gasteiger partial charge in [0.25, 0.3) is 0 Å². The number of rotatable bonds is 5. The van der Waals surface area contributed by atoms with Crippen molar-refractivity contribution in [1.29, 1.82) is 0 Å². The molecule has 3 aromatic rings. The van der Waals surface area contributed by atoms with Crippen LogP contribution in [0.15, 0.2) is 48.5 Å². The Morgan fingerprint density at radius 2 is 1.86 bits per heavy atom. The standard InChI is InChI=1S/C18H20N2S/c1-13-7-3-4-8-15(13)14(2)19-12-11-18-20-16-9-5-6-10-17(16)21-18/h3-10,14,19H,11-12H2,1-2H3. The molecule has 0 saturated carbocycles. The molecule has 1 unspecified atom stereocenters. The molecule has 2 aromatic carbocycles. The van der Waals surface area contributed by atoms with Crippen molar-refractivity contribution in [3.05, 3.63) is 64.7 Å². The van der Waals surface area contributed by atoms with Gasteiger partial charge in [-0.25, -0.2) is 4.98 Å². The molecule has 0 spiro atoms. The highest BCUT2D eigenvalue weighted by Gasteiger charge is 2.08. The monoisotopic (exact) mass is 296 g/mol. The molecule has 3 rings (SSSR count). The lowest BCUT2D eigenvalue weighted by atomic mass is 10.0. The zero-order chi connectivity index (χ0) is 14.7. The number of hydrogen-bond acceptors (Lipinski definition) is 3. The molecule has 1 N–H and O–H groups in total. The van der Waals surface area contributed by atoms with E-state index in [4.69, 9.17) is 0 Å². The van der Waals surface area contributed by atoms with Gasteiger partial charge in [-0.15, -0.1) is 11.3 Å². The van der Waals surface area contributed by atoms with Crippen LogP contribution in [0.4, 0.5) is 0 Å². The lowest BCUT2D eigenvalue weighted by molar-refractivity contribution is 0.574. The van der Waals surface area contributed by atoms with Crippen molar-refractivity contribution in [2.75, 3.05) is 6.54 Å². The quantitative estimate of drug-likeness (QED) is 0.750. The van der Waals surface area contributed by atoms with Crippen LogP contribution in [0.25, 0.3) is 10.2 Å². The van der Waals surface area contributed by atoms with Crippen LogP contribution in [0, 0.1) is 6.92 Å². The van der Waals surface area contributed by atoms with E-state index >= 15 is 0 Å². The van der Waals surface area contributed by atoms with E-state index in [2.05, 4.69) is 66.6 Å². The third-order valence-corrected chi connectivity index (χ3v) is 4.88. The van der Waals surface area contributed by atoms with Crippen molar-refractivity contribution in [2.24, 2.45) is 0 Å². The Hall–Kier alpha value is -1.71. The summed E-state index contributed by atoms with van der Waals surface area (Å²) >= 11 is 1.80. The molecule has 0 aliphatic rings. The van der Waals surface area contributed by atoms with Gasteiger partial charge < -0.3 is 5.32 Å². The number of thiazole rings is 1. The van der Waals surface area contributed by atoms with Gasteiger partial charge in [-0.1, -0.05) is 36.4 Å². The van der Waals surface area contributed by atoms with Crippen LogP contribution in [-0.4, -0.2) is 11.5 Å². The number of nitrogens with one attached hydrogen (secondary N) is 1. The second-order valence-corrected chi connectivity index (χ2v) is 6.47. The van der Waals surface area contributed by atoms with E-state index in [9.17, 15) is 0 Å². The van der Waals surface area contributed by atoms with Gasteiger partial charge in [-0.2, -0.15) is 0 Å². The van der Waals surface area contributed by atoms with E-state index in [1.54, 1.807) is 11.3 Å². The molecule has 0 aliphatic carbocycles. The molecule has 2 nitrogen and oxygen atoms in total. The van der Waals surface area contributed by atoms with Gasteiger partial charge in [0.05, 0.1) is 15.2 Å². The smallest absolute Gasteiger partial charge is 0.0951 e. The molecule has 1 heterocycles. The Balaban J connectivity index is 1.59. The van der Waals surface area contributed by atoms with Crippen molar-refractivity contribution in [2.45, 2.75) is 26.3 Å². The van der Waals surface area contributed by atoms with Crippen LogP contribution in [-0.2, 0) is 6.42 Å². The molecular weight excluding hydrogens is 276 g/mol. The summed E-state index contributed by atoms with van der Waals surface area (Å²) in [6.45, 7) is 5.34. The van der Waals surface area contributed by atoms with Crippen LogP contribution in [0.2, 0.25) is 0 Å². The van der Waals surface area contributed by atoms with Gasteiger partial charge >= 0.3 is 0 Å². The van der Waals surface area contributed by atoms with Gasteiger partial charge in [0.15, 0.2) is 0 Å². The lowest BCUT2D eigenvalue weighted by Crippen LogP contribution is -2.21. The predicted molar refractivity (Wildman–Crippen MR) is 90.9 cm³/mol. The maximum absolute atomic E-state index is 4.68. The minimum absolute atomic E-state index is 0.376. The number of benzene rings is 2. The summed E-state index contributed by atoms with van der Waals surface area (Å²) in [6, 6.07) is 17.3. The van der Waals surface area contributed by atoms with Gasteiger partial charge in [0.1, 0.15) is 0 Å². The molecule has 0 bridgehead atoms. The average molecular weight is 296 g/mol. The first-order valence-electron chi connectivity index (χ1n) is 7.37. The summed E-state index contributed by atoms with van der Waals surface area (Å²) in [5, 5.41) is 4.81. The summed E-state index contributed by atoms with van der Waals surface area (Å²) in [6.07, 6.45) is 0.982. The predicted octanol–water partition coefficient (Wildman–Crippen LogP) is 4.50. The summed E-state index contributed by atoms with van der Waals surface area (Å²) in [5.41, 5.74) is 3.84. The van der Waals surface area contributed by atoms with E-state index in [0.717, 1.165) is 18.5 Å². The second-order valence-electron chi connectivity index (χ2n) is 5.36. The molecular formula is C18H20N2S. The van der Waals surface area contributed by atoms with E-state index in [0.29, 0.717) is 6.04 Å². The number of fused-ring (bicyclic) bond motifs is 1. The van der Waals surface area contributed by atoms with Gasteiger partial charge in [0, 0.05) is 19.0 Å². The van der Waals surface area contributed by atoms with Crippen molar-refractivity contribution in [3.63, 3.8) is 0 Å². The van der Waals surface area contributed by atoms with Crippen LogP contribution in [0.5, 0.6) is 0 Å². The van der Waals surface area contributed by atoms with E-state index in [1.165, 1.54) is 20.8 Å². The van der Waals surface area contributed by atoms with Gasteiger partial charge in [-0.05, 0) is 37.1 Å². The Morgan fingerprint density at radius 1 is 1.10 bits per heavy atom. The van der Waals surface area contributed by atoms with Crippen molar-refractivity contribution >= 4 is 21.6 Å². The Kier molecular flexibility index (Phi) is 4.32. The van der Waals surface area contributed by atoms with E-state index in [-0.39, 0.29) is 0 Å². The average Bonchev–Trinajstić information content (AvgIpc) is 2.90. The van der Waals surface area contributed by atoms with E-state index < -0.39 is 0 Å². The highest BCUT2D eigenvalue weighted by atomic mass is 32.1. The SMILES string of the molecule is Cc1ccccc1C(C)NCCc1nc2ccccc2s1. The maximum Gasteiger partial charge on any atom is 0.0951 e. The first-order chi connectivity index (χ1) is 10.2. The molecule has 0 amide bonds. The molecule has 108 valence electrons. The second kappa shape index (κ2) is 6.37. The topological polar surface area (TPSA) is 24.9 Å². The minimum atomic E-state index is 0.376. The Morgan fingerprint density at radius 3 is 2.67 bits per heavy atom. The zero-order valence-electron chi connectivity index (χ0n) is 12.5. The van der Waals surface area contributed by atoms with Crippen molar-refractivity contribution in [1.82, 2.24) is 10.3 Å². The van der Waals surface area contributed by atoms with Crippen LogP contribution in [0.1, 0.15) is 29.1 Å². The molecule has 0 fully saturated rings. The number of aromatic nitrogens is 1. The number of nitrogens with zero attached hydrogens (tertiary/aromatic N) is 1. The molecule has 0 aliphatic heterocycles. The van der Waals surface area contributed by atoms with Crippen LogP contribution < -0.4 is 5.32 Å². The van der Waals surface area contributed by atoms with Crippen molar-refractivity contribution in [3.8, 4) is 0 Å². The number of para-hydroxylation sites is 1. The molecule has 3 heteroatoms. The number of aryl methyl sites for hydroxylation is 1. The van der Waals surface area contributed by atoms with Crippen molar-refractivity contribution < 1.29 is 0 Å². The fourth-order valence-electron chi connectivity index (χ4n) is 2.61. The van der Waals surface area contributed by atoms with Gasteiger partial charge in [0.2, 0.25) is 0 Å². The summed E-state index contributed by atoms with van der Waals surface area (Å²) < 4.78 is 1.28. The zero-order valence-corrected chi connectivity index (χ0v) is 13.3. The summed E-state index contributed by atoms with van der Waals surface area (Å²) in [5.74, 6) is 0. The molecule has 21 heavy (non-hydrogen) atoms. The molecule has 0 radical (unpaired) electrons. The van der Waals surface area contributed by atoms with Crippen LogP contribution >= 0.6 is 11.3 Å². The largest absolute Gasteiger partial charge is 0.310 e. The maximum atomic E-state index is 4.68. The normalized spacial score (nSPS) is 12.7. The van der Waals surface area contributed by atoms with Crippen LogP contribution in [0.3, 0.4) is 0 Å². The first kappa shape index (κ1) is 14.2. The van der Waals surface area contributed by atoms with E-state index in [1.807, 2.05) is 6.07 Å². The minimum Gasteiger partial charge on any atom is -0.310 e. The third-order valence-electron chi connectivity index (χ3n) is 3.78. The fourth-order valence-corrected chi connectivity index (χ4v) is 3.57. The van der Waals surface area contributed by atoms with Gasteiger partial charge in [-0.3, -0.25) is 0 Å².